The summed E-state index contributed by atoms with van der Waals surface area (Å²) in [6.45, 7) is 18.2. The Kier molecular flexibility index (Phi) is 8.89. The zero-order valence-electron chi connectivity index (χ0n) is 30.7. The van der Waals surface area contributed by atoms with Crippen LogP contribution in [0.15, 0.2) is 133 Å². The van der Waals surface area contributed by atoms with E-state index in [1.54, 1.807) is 0 Å². The Labute approximate surface area is 299 Å². The molecule has 0 heteroatoms. The molecule has 50 heavy (non-hydrogen) atoms. The van der Waals surface area contributed by atoms with Crippen LogP contribution in [0.4, 0.5) is 0 Å². The molecule has 0 heterocycles. The van der Waals surface area contributed by atoms with E-state index in [0.29, 0.717) is 0 Å². The zero-order valence-corrected chi connectivity index (χ0v) is 30.7. The lowest BCUT2D eigenvalue weighted by atomic mass is 9.78. The monoisotopic (exact) mass is 646 g/mol. The minimum absolute atomic E-state index is 1.26. The van der Waals surface area contributed by atoms with Gasteiger partial charge < -0.3 is 0 Å². The molecule has 0 atom stereocenters. The molecule has 0 aliphatic carbocycles. The molecule has 246 valence electrons. The summed E-state index contributed by atoms with van der Waals surface area (Å²) in [5.74, 6) is 0. The van der Waals surface area contributed by atoms with Crippen molar-refractivity contribution >= 4 is 0 Å². The lowest BCUT2D eigenvalue weighted by Crippen LogP contribution is -2.02. The lowest BCUT2D eigenvalue weighted by Gasteiger charge is -2.26. The van der Waals surface area contributed by atoms with Crippen molar-refractivity contribution in [1.82, 2.24) is 0 Å². The van der Waals surface area contributed by atoms with Gasteiger partial charge in [-0.3, -0.25) is 0 Å². The molecule has 0 saturated carbocycles. The highest BCUT2D eigenvalue weighted by Crippen LogP contribution is 2.49. The van der Waals surface area contributed by atoms with Crippen LogP contribution in [-0.2, 0) is 0 Å². The lowest BCUT2D eigenvalue weighted by molar-refractivity contribution is 1.31. The van der Waals surface area contributed by atoms with Gasteiger partial charge in [0, 0.05) is 0 Å². The molecule has 0 spiro atoms. The molecule has 0 nitrogen and oxygen atoms in total. The van der Waals surface area contributed by atoms with Gasteiger partial charge in [-0.1, -0.05) is 121 Å². The van der Waals surface area contributed by atoms with E-state index in [0.717, 1.165) is 0 Å². The van der Waals surface area contributed by atoms with Gasteiger partial charge in [0.1, 0.15) is 0 Å². The van der Waals surface area contributed by atoms with Crippen LogP contribution in [0, 0.1) is 55.4 Å². The van der Waals surface area contributed by atoms with Crippen LogP contribution >= 0.6 is 0 Å². The summed E-state index contributed by atoms with van der Waals surface area (Å²) in [5, 5.41) is 0. The molecule has 0 unspecified atom stereocenters. The van der Waals surface area contributed by atoms with Crippen molar-refractivity contribution in [3.8, 4) is 66.8 Å². The van der Waals surface area contributed by atoms with Crippen LogP contribution in [0.3, 0.4) is 0 Å². The minimum Gasteiger partial charge on any atom is -0.0622 e. The summed E-state index contributed by atoms with van der Waals surface area (Å²) in [5.41, 5.74) is 25.8. The standard InChI is InChI=1S/C50H46/c1-31-19-15-17-25-41(31)43-29-46(50-36(6)28-34(4)48(38(50)8)40-23-13-10-14-24-40)44(42-26-18-16-20-32(42)2)30-45(43)49-35(5)27-33(3)47(37(49)7)39-21-11-9-12-22-39/h9-30H,1-8H3. The molecule has 0 fully saturated rings. The van der Waals surface area contributed by atoms with Crippen molar-refractivity contribution in [2.24, 2.45) is 0 Å². The zero-order chi connectivity index (χ0) is 35.1. The highest BCUT2D eigenvalue weighted by Gasteiger charge is 2.24. The Hall–Kier alpha value is -5.46. The summed E-state index contributed by atoms with van der Waals surface area (Å²) in [6, 6.07) is 49.3. The van der Waals surface area contributed by atoms with E-state index in [4.69, 9.17) is 0 Å². The van der Waals surface area contributed by atoms with Crippen molar-refractivity contribution in [2.75, 3.05) is 0 Å². The van der Waals surface area contributed by atoms with Gasteiger partial charge in [0.15, 0.2) is 0 Å². The van der Waals surface area contributed by atoms with E-state index < -0.39 is 0 Å². The largest absolute Gasteiger partial charge is 0.0622 e. The van der Waals surface area contributed by atoms with Crippen LogP contribution in [-0.4, -0.2) is 0 Å². The van der Waals surface area contributed by atoms with Gasteiger partial charge in [-0.15, -0.1) is 0 Å². The fraction of sp³-hybridized carbons (Fsp3) is 0.160. The van der Waals surface area contributed by atoms with Gasteiger partial charge in [-0.05, 0) is 179 Å². The molecular weight excluding hydrogens is 601 g/mol. The van der Waals surface area contributed by atoms with Crippen LogP contribution in [0.5, 0.6) is 0 Å². The topological polar surface area (TPSA) is 0 Å². The highest BCUT2D eigenvalue weighted by atomic mass is 14.3. The third-order valence-corrected chi connectivity index (χ3v) is 10.6. The molecule has 0 aliphatic heterocycles. The van der Waals surface area contributed by atoms with Crippen molar-refractivity contribution in [1.29, 1.82) is 0 Å². The molecular formula is C50H46. The number of rotatable bonds is 6. The molecule has 7 rings (SSSR count). The molecule has 0 aromatic heterocycles. The summed E-state index contributed by atoms with van der Waals surface area (Å²) in [4.78, 5) is 0. The van der Waals surface area contributed by atoms with Crippen LogP contribution in [0.25, 0.3) is 66.8 Å². The highest BCUT2D eigenvalue weighted by molar-refractivity contribution is 6.00. The van der Waals surface area contributed by atoms with Gasteiger partial charge in [-0.2, -0.15) is 0 Å². The maximum atomic E-state index is 2.51. The molecule has 0 bridgehead atoms. The van der Waals surface area contributed by atoms with E-state index in [-0.39, 0.29) is 0 Å². The van der Waals surface area contributed by atoms with Gasteiger partial charge in [0.2, 0.25) is 0 Å². The fourth-order valence-corrected chi connectivity index (χ4v) is 8.51. The molecule has 7 aromatic rings. The maximum Gasteiger partial charge on any atom is -0.00932 e. The summed E-state index contributed by atoms with van der Waals surface area (Å²) in [7, 11) is 0. The minimum atomic E-state index is 1.26. The number of hydrogen-bond acceptors (Lipinski definition) is 0. The summed E-state index contributed by atoms with van der Waals surface area (Å²) >= 11 is 0. The summed E-state index contributed by atoms with van der Waals surface area (Å²) < 4.78 is 0. The molecule has 0 radical (unpaired) electrons. The molecule has 0 aliphatic rings. The van der Waals surface area contributed by atoms with Crippen molar-refractivity contribution in [3.63, 3.8) is 0 Å². The second-order valence-corrected chi connectivity index (χ2v) is 14.1. The van der Waals surface area contributed by atoms with Gasteiger partial charge >= 0.3 is 0 Å². The van der Waals surface area contributed by atoms with E-state index >= 15 is 0 Å². The number of hydrogen-bond donors (Lipinski definition) is 0. The van der Waals surface area contributed by atoms with E-state index in [9.17, 15) is 0 Å². The molecule has 7 aromatic carbocycles. The average Bonchev–Trinajstić information content (AvgIpc) is 3.10. The van der Waals surface area contributed by atoms with Crippen LogP contribution in [0.1, 0.15) is 44.5 Å². The van der Waals surface area contributed by atoms with Gasteiger partial charge in [0.25, 0.3) is 0 Å². The van der Waals surface area contributed by atoms with E-state index in [2.05, 4.69) is 189 Å². The van der Waals surface area contributed by atoms with Crippen LogP contribution in [0.2, 0.25) is 0 Å². The first-order valence-corrected chi connectivity index (χ1v) is 17.8. The smallest absolute Gasteiger partial charge is 0.00932 e. The first-order valence-electron chi connectivity index (χ1n) is 17.8. The maximum absolute atomic E-state index is 2.51. The first kappa shape index (κ1) is 33.1. The molecule has 0 saturated heterocycles. The SMILES string of the molecule is Cc1ccccc1-c1cc(-c2c(C)cc(C)c(-c3ccccc3)c2C)c(-c2ccccc2C)cc1-c1c(C)cc(C)c(-c2ccccc2)c1C. The normalized spacial score (nSPS) is 11.2. The van der Waals surface area contributed by atoms with E-state index in [1.807, 2.05) is 0 Å². The van der Waals surface area contributed by atoms with Gasteiger partial charge in [0.05, 0.1) is 0 Å². The Morgan fingerprint density at radius 1 is 0.240 bits per heavy atom. The van der Waals surface area contributed by atoms with Crippen molar-refractivity contribution < 1.29 is 0 Å². The van der Waals surface area contributed by atoms with Crippen molar-refractivity contribution in [2.45, 2.75) is 55.4 Å². The third-order valence-electron chi connectivity index (χ3n) is 10.6. The fourth-order valence-electron chi connectivity index (χ4n) is 8.51. The van der Waals surface area contributed by atoms with Crippen molar-refractivity contribution in [3.05, 3.63) is 178 Å². The van der Waals surface area contributed by atoms with Gasteiger partial charge in [-0.25, -0.2) is 0 Å². The van der Waals surface area contributed by atoms with E-state index in [1.165, 1.54) is 111 Å². The molecule has 0 amide bonds. The Bertz CT molecular complexity index is 2200. The Morgan fingerprint density at radius 3 is 0.920 bits per heavy atom. The average molecular weight is 647 g/mol. The second kappa shape index (κ2) is 13.4. The Morgan fingerprint density at radius 2 is 0.560 bits per heavy atom. The number of aryl methyl sites for hydroxylation is 6. The third kappa shape index (κ3) is 5.80. The van der Waals surface area contributed by atoms with Crippen LogP contribution < -0.4 is 0 Å². The number of benzene rings is 7. The summed E-state index contributed by atoms with van der Waals surface area (Å²) in [6.07, 6.45) is 0. The molecule has 0 N–H and O–H groups in total. The first-order chi connectivity index (χ1) is 24.2. The second-order valence-electron chi connectivity index (χ2n) is 14.1. The predicted molar refractivity (Wildman–Crippen MR) is 217 cm³/mol. The quantitative estimate of drug-likeness (QED) is 0.169. The Balaban J connectivity index is 1.64. The predicted octanol–water partition coefficient (Wildman–Crippen LogP) is 14.2.